The Morgan fingerprint density at radius 2 is 2.00 bits per heavy atom. The molecule has 23 heavy (non-hydrogen) atoms. The highest BCUT2D eigenvalue weighted by Gasteiger charge is 2.21. The molecule has 1 N–H and O–H groups in total. The van der Waals surface area contributed by atoms with Gasteiger partial charge in [-0.25, -0.2) is 4.79 Å². The molecular formula is C18H23N3O2. The summed E-state index contributed by atoms with van der Waals surface area (Å²) in [6.45, 7) is 2.25. The summed E-state index contributed by atoms with van der Waals surface area (Å²) in [6.07, 6.45) is 3.50. The van der Waals surface area contributed by atoms with E-state index in [9.17, 15) is 9.90 Å². The second-order valence-corrected chi connectivity index (χ2v) is 6.36. The fourth-order valence-corrected chi connectivity index (χ4v) is 3.46. The van der Waals surface area contributed by atoms with Crippen LogP contribution in [0.4, 0.5) is 0 Å². The molecule has 122 valence electrons. The van der Waals surface area contributed by atoms with Gasteiger partial charge in [-0.3, -0.25) is 4.68 Å². The zero-order chi connectivity index (χ0) is 16.4. The smallest absolute Gasteiger partial charge is 0.356 e. The molecule has 0 radical (unpaired) electrons. The Morgan fingerprint density at radius 3 is 2.74 bits per heavy atom. The fraction of sp³-hybridized carbons (Fsp3) is 0.444. The molecule has 1 unspecified atom stereocenters. The van der Waals surface area contributed by atoms with Crippen LogP contribution in [-0.2, 0) is 7.05 Å². The highest BCUT2D eigenvalue weighted by Crippen LogP contribution is 2.35. The highest BCUT2D eigenvalue weighted by molar-refractivity contribution is 5.87. The molecule has 0 saturated carbocycles. The molecule has 1 aliphatic rings. The van der Waals surface area contributed by atoms with Crippen molar-refractivity contribution < 1.29 is 9.90 Å². The van der Waals surface area contributed by atoms with Crippen LogP contribution in [0.15, 0.2) is 30.3 Å². The molecule has 2 aromatic rings. The van der Waals surface area contributed by atoms with E-state index in [1.807, 2.05) is 6.07 Å². The third kappa shape index (κ3) is 3.29. The molecule has 1 aromatic heterocycles. The van der Waals surface area contributed by atoms with Crippen LogP contribution in [0.2, 0.25) is 0 Å². The number of benzene rings is 1. The first kappa shape index (κ1) is 15.7. The Morgan fingerprint density at radius 1 is 1.22 bits per heavy atom. The molecule has 3 rings (SSSR count). The Bertz CT molecular complexity index is 708. The second kappa shape index (κ2) is 6.54. The molecule has 2 heterocycles. The topological polar surface area (TPSA) is 58.4 Å². The van der Waals surface area contributed by atoms with Gasteiger partial charge in [-0.15, -0.1) is 0 Å². The van der Waals surface area contributed by atoms with Crippen molar-refractivity contribution in [2.24, 2.45) is 7.05 Å². The van der Waals surface area contributed by atoms with Crippen molar-refractivity contribution in [1.82, 2.24) is 14.7 Å². The summed E-state index contributed by atoms with van der Waals surface area (Å²) in [5.74, 6) is -0.472. The number of nitrogens with zero attached hydrogens (tertiary/aromatic N) is 3. The van der Waals surface area contributed by atoms with Gasteiger partial charge in [0.05, 0.1) is 5.69 Å². The van der Waals surface area contributed by atoms with Crippen molar-refractivity contribution in [2.45, 2.75) is 25.2 Å². The predicted molar refractivity (Wildman–Crippen MR) is 89.7 cm³/mol. The van der Waals surface area contributed by atoms with E-state index in [0.717, 1.165) is 30.8 Å². The molecule has 1 aromatic carbocycles. The highest BCUT2D eigenvalue weighted by atomic mass is 16.4. The summed E-state index contributed by atoms with van der Waals surface area (Å²) in [7, 11) is 3.98. The molecule has 5 nitrogen and oxygen atoms in total. The van der Waals surface area contributed by atoms with Gasteiger partial charge >= 0.3 is 5.97 Å². The first-order valence-corrected chi connectivity index (χ1v) is 8.11. The van der Waals surface area contributed by atoms with Crippen molar-refractivity contribution in [3.05, 3.63) is 41.6 Å². The van der Waals surface area contributed by atoms with Crippen molar-refractivity contribution in [2.75, 3.05) is 20.1 Å². The zero-order valence-corrected chi connectivity index (χ0v) is 13.7. The monoisotopic (exact) mass is 313 g/mol. The van der Waals surface area contributed by atoms with Gasteiger partial charge < -0.3 is 10.0 Å². The molecule has 1 aliphatic heterocycles. The van der Waals surface area contributed by atoms with E-state index in [1.165, 1.54) is 18.4 Å². The van der Waals surface area contributed by atoms with Crippen LogP contribution in [-0.4, -0.2) is 45.9 Å². The van der Waals surface area contributed by atoms with Gasteiger partial charge in [0.2, 0.25) is 0 Å². The number of aromatic carboxylic acids is 1. The van der Waals surface area contributed by atoms with Crippen LogP contribution in [0.3, 0.4) is 0 Å². The molecule has 1 atom stereocenters. The van der Waals surface area contributed by atoms with E-state index >= 15 is 0 Å². The average Bonchev–Trinajstić information content (AvgIpc) is 2.79. The summed E-state index contributed by atoms with van der Waals surface area (Å²) in [4.78, 5) is 13.6. The summed E-state index contributed by atoms with van der Waals surface area (Å²) < 4.78 is 1.67. The first-order chi connectivity index (χ1) is 11.1. The first-order valence-electron chi connectivity index (χ1n) is 8.11. The van der Waals surface area contributed by atoms with Gasteiger partial charge in [0.15, 0.2) is 5.69 Å². The molecule has 1 saturated heterocycles. The maximum absolute atomic E-state index is 11.2. The summed E-state index contributed by atoms with van der Waals surface area (Å²) >= 11 is 0. The van der Waals surface area contributed by atoms with E-state index in [2.05, 4.69) is 35.2 Å². The zero-order valence-electron chi connectivity index (χ0n) is 13.7. The van der Waals surface area contributed by atoms with Crippen LogP contribution in [0.25, 0.3) is 11.3 Å². The van der Waals surface area contributed by atoms with Gasteiger partial charge in [0.25, 0.3) is 0 Å². The van der Waals surface area contributed by atoms with E-state index in [1.54, 1.807) is 17.8 Å². The van der Waals surface area contributed by atoms with Gasteiger partial charge in [-0.2, -0.15) is 5.10 Å². The number of aromatic nitrogens is 2. The fourth-order valence-electron chi connectivity index (χ4n) is 3.46. The number of carbonyl (C=O) groups is 1. The Balaban J connectivity index is 1.99. The van der Waals surface area contributed by atoms with E-state index in [0.29, 0.717) is 5.92 Å². The number of aryl methyl sites for hydroxylation is 1. The van der Waals surface area contributed by atoms with Gasteiger partial charge in [0, 0.05) is 12.6 Å². The minimum atomic E-state index is -0.986. The molecular weight excluding hydrogens is 290 g/mol. The third-order valence-corrected chi connectivity index (χ3v) is 4.73. The van der Waals surface area contributed by atoms with Crippen molar-refractivity contribution in [3.63, 3.8) is 0 Å². The van der Waals surface area contributed by atoms with Crippen LogP contribution in [0.5, 0.6) is 0 Å². The number of hydrogen-bond acceptors (Lipinski definition) is 3. The minimum absolute atomic E-state index is 0.0953. The van der Waals surface area contributed by atoms with Gasteiger partial charge in [-0.05, 0) is 56.9 Å². The summed E-state index contributed by atoms with van der Waals surface area (Å²) in [6, 6.07) is 10.0. The van der Waals surface area contributed by atoms with E-state index < -0.39 is 5.97 Å². The molecule has 0 spiro atoms. The van der Waals surface area contributed by atoms with Crippen LogP contribution in [0.1, 0.15) is 41.2 Å². The SMILES string of the molecule is CN1CCCC(c2ccccc2-c2cc(C(=O)O)nn2C)CC1. The van der Waals surface area contributed by atoms with Crippen LogP contribution < -0.4 is 0 Å². The molecule has 1 fully saturated rings. The van der Waals surface area contributed by atoms with Crippen LogP contribution in [0, 0.1) is 0 Å². The molecule has 0 bridgehead atoms. The largest absolute Gasteiger partial charge is 0.476 e. The van der Waals surface area contributed by atoms with E-state index in [-0.39, 0.29) is 5.69 Å². The lowest BCUT2D eigenvalue weighted by molar-refractivity contribution is 0.0689. The number of likely N-dealkylation sites (tertiary alicyclic amines) is 1. The van der Waals surface area contributed by atoms with Crippen molar-refractivity contribution >= 4 is 5.97 Å². The third-order valence-electron chi connectivity index (χ3n) is 4.73. The number of rotatable bonds is 3. The maximum Gasteiger partial charge on any atom is 0.356 e. The number of carboxylic acid groups (broad SMARTS) is 1. The summed E-state index contributed by atoms with van der Waals surface area (Å²) in [5, 5.41) is 13.3. The van der Waals surface area contributed by atoms with Gasteiger partial charge in [0.1, 0.15) is 0 Å². The van der Waals surface area contributed by atoms with Crippen LogP contribution >= 0.6 is 0 Å². The second-order valence-electron chi connectivity index (χ2n) is 6.36. The van der Waals surface area contributed by atoms with Gasteiger partial charge in [-0.1, -0.05) is 24.3 Å². The lowest BCUT2D eigenvalue weighted by Gasteiger charge is -2.19. The van der Waals surface area contributed by atoms with Crippen molar-refractivity contribution in [3.8, 4) is 11.3 Å². The molecule has 0 amide bonds. The average molecular weight is 313 g/mol. The minimum Gasteiger partial charge on any atom is -0.476 e. The Labute approximate surface area is 136 Å². The lowest BCUT2D eigenvalue weighted by Crippen LogP contribution is -2.18. The quantitative estimate of drug-likeness (QED) is 0.946. The number of carboxylic acids is 1. The summed E-state index contributed by atoms with van der Waals surface area (Å²) in [5.41, 5.74) is 3.38. The Hall–Kier alpha value is -2.14. The van der Waals surface area contributed by atoms with Crippen molar-refractivity contribution in [1.29, 1.82) is 0 Å². The predicted octanol–water partition coefficient (Wildman–Crippen LogP) is 2.98. The number of hydrogen-bond donors (Lipinski definition) is 1. The lowest BCUT2D eigenvalue weighted by atomic mass is 9.87. The maximum atomic E-state index is 11.2. The molecule has 5 heteroatoms. The van der Waals surface area contributed by atoms with E-state index in [4.69, 9.17) is 0 Å². The molecule has 0 aliphatic carbocycles. The standard InChI is InChI=1S/C18H23N3O2/c1-20-10-5-6-13(9-11-20)14-7-3-4-8-15(14)17-12-16(18(22)23)19-21(17)2/h3-4,7-8,12-13H,5-6,9-11H2,1-2H3,(H,22,23). The normalized spacial score (nSPS) is 19.5. The Kier molecular flexibility index (Phi) is 4.48.